The highest BCUT2D eigenvalue weighted by Gasteiger charge is 2.23. The van der Waals surface area contributed by atoms with E-state index in [0.29, 0.717) is 25.6 Å². The van der Waals surface area contributed by atoms with Gasteiger partial charge in [-0.2, -0.15) is 0 Å². The van der Waals surface area contributed by atoms with Crippen molar-refractivity contribution < 1.29 is 14.0 Å². The molecule has 1 aromatic carbocycles. The zero-order valence-electron chi connectivity index (χ0n) is 14.4. The van der Waals surface area contributed by atoms with E-state index in [1.54, 1.807) is 23.1 Å². The summed E-state index contributed by atoms with van der Waals surface area (Å²) in [6.07, 6.45) is 2.68. The molecule has 7 heteroatoms. The van der Waals surface area contributed by atoms with Crippen molar-refractivity contribution in [1.82, 2.24) is 10.2 Å². The molecule has 2 N–H and O–H groups in total. The molecule has 0 saturated carbocycles. The number of nitrogens with one attached hydrogen (secondary N) is 2. The Morgan fingerprint density at radius 2 is 1.92 bits per heavy atom. The lowest BCUT2D eigenvalue weighted by molar-refractivity contribution is 0.0953. The summed E-state index contributed by atoms with van der Waals surface area (Å²) in [7, 11) is 0. The Balaban J connectivity index is 1.38. The van der Waals surface area contributed by atoms with Crippen molar-refractivity contribution in [1.29, 1.82) is 0 Å². The van der Waals surface area contributed by atoms with Crippen LogP contribution in [0.3, 0.4) is 0 Å². The number of urea groups is 1. The molecule has 2 heterocycles. The molecule has 1 aromatic heterocycles. The second kappa shape index (κ2) is 8.80. The first kappa shape index (κ1) is 18.4. The number of hydrogen-bond donors (Lipinski definition) is 2. The normalized spacial score (nSPS) is 14.9. The molecule has 0 unspecified atom stereocenters. The van der Waals surface area contributed by atoms with Crippen molar-refractivity contribution in [3.05, 3.63) is 52.5 Å². The Bertz CT molecular complexity index is 743. The van der Waals surface area contributed by atoms with E-state index >= 15 is 0 Å². The molecular weight excluding hydrogens is 353 g/mol. The fourth-order valence-corrected chi connectivity index (χ4v) is 3.71. The van der Waals surface area contributed by atoms with Crippen LogP contribution in [0.4, 0.5) is 14.9 Å². The third kappa shape index (κ3) is 4.82. The Hall–Kier alpha value is -2.41. The number of rotatable bonds is 5. The van der Waals surface area contributed by atoms with Gasteiger partial charge in [0, 0.05) is 19.6 Å². The highest BCUT2D eigenvalue weighted by atomic mass is 32.1. The van der Waals surface area contributed by atoms with Crippen LogP contribution >= 0.6 is 11.3 Å². The van der Waals surface area contributed by atoms with Crippen molar-refractivity contribution in [2.75, 3.05) is 25.0 Å². The highest BCUT2D eigenvalue weighted by molar-refractivity contribution is 7.12. The van der Waals surface area contributed by atoms with Gasteiger partial charge in [-0.15, -0.1) is 11.3 Å². The summed E-state index contributed by atoms with van der Waals surface area (Å²) in [5.74, 6) is 0.0232. The third-order valence-corrected chi connectivity index (χ3v) is 5.47. The molecule has 0 bridgehead atoms. The van der Waals surface area contributed by atoms with Gasteiger partial charge in [0.2, 0.25) is 0 Å². The lowest BCUT2D eigenvalue weighted by Gasteiger charge is -2.32. The summed E-state index contributed by atoms with van der Waals surface area (Å²) < 4.78 is 13.6. The molecule has 1 fully saturated rings. The Morgan fingerprint density at radius 3 is 2.62 bits per heavy atom. The zero-order chi connectivity index (χ0) is 18.4. The van der Waals surface area contributed by atoms with Gasteiger partial charge in [0.1, 0.15) is 5.82 Å². The van der Waals surface area contributed by atoms with E-state index in [1.807, 2.05) is 17.5 Å². The molecule has 3 amide bonds. The minimum absolute atomic E-state index is 0.0262. The van der Waals surface area contributed by atoms with E-state index in [4.69, 9.17) is 0 Å². The molecule has 26 heavy (non-hydrogen) atoms. The number of thiophene rings is 1. The molecule has 5 nitrogen and oxygen atoms in total. The number of piperidine rings is 1. The Morgan fingerprint density at radius 1 is 1.15 bits per heavy atom. The van der Waals surface area contributed by atoms with E-state index in [-0.39, 0.29) is 17.6 Å². The van der Waals surface area contributed by atoms with Gasteiger partial charge in [0.05, 0.1) is 10.6 Å². The maximum Gasteiger partial charge on any atom is 0.321 e. The summed E-state index contributed by atoms with van der Waals surface area (Å²) in [4.78, 5) is 26.6. The van der Waals surface area contributed by atoms with Crippen LogP contribution in [0.15, 0.2) is 41.8 Å². The standard InChI is InChI=1S/C19H22FN3O2S/c20-15-4-1-2-5-16(15)22-19(25)23-11-8-14(9-12-23)7-10-21-18(24)17-6-3-13-26-17/h1-6,13-14H,7-12H2,(H,21,24)(H,22,25). The van der Waals surface area contributed by atoms with Crippen molar-refractivity contribution in [3.63, 3.8) is 0 Å². The van der Waals surface area contributed by atoms with Crippen LogP contribution in [0.5, 0.6) is 0 Å². The van der Waals surface area contributed by atoms with Crippen LogP contribution in [0.1, 0.15) is 28.9 Å². The first-order valence-electron chi connectivity index (χ1n) is 8.75. The van der Waals surface area contributed by atoms with Gasteiger partial charge in [0.25, 0.3) is 5.91 Å². The average molecular weight is 375 g/mol. The summed E-state index contributed by atoms with van der Waals surface area (Å²) in [6.45, 7) is 1.93. The van der Waals surface area contributed by atoms with Gasteiger partial charge >= 0.3 is 6.03 Å². The molecular formula is C19H22FN3O2S. The summed E-state index contributed by atoms with van der Waals surface area (Å²) in [6, 6.07) is 9.57. The molecule has 0 spiro atoms. The first-order chi connectivity index (χ1) is 12.6. The van der Waals surface area contributed by atoms with E-state index in [2.05, 4.69) is 10.6 Å². The molecule has 1 aliphatic rings. The second-order valence-electron chi connectivity index (χ2n) is 6.36. The van der Waals surface area contributed by atoms with Crippen LogP contribution in [-0.4, -0.2) is 36.5 Å². The van der Waals surface area contributed by atoms with Crippen molar-refractivity contribution in [2.24, 2.45) is 5.92 Å². The van der Waals surface area contributed by atoms with Gasteiger partial charge in [-0.05, 0) is 48.8 Å². The van der Waals surface area contributed by atoms with E-state index in [1.165, 1.54) is 17.4 Å². The maximum atomic E-state index is 13.6. The second-order valence-corrected chi connectivity index (χ2v) is 7.31. The quantitative estimate of drug-likeness (QED) is 0.831. The molecule has 2 aromatic rings. The monoisotopic (exact) mass is 375 g/mol. The molecule has 0 aliphatic carbocycles. The van der Waals surface area contributed by atoms with Crippen molar-refractivity contribution in [2.45, 2.75) is 19.3 Å². The number of carbonyl (C=O) groups is 2. The largest absolute Gasteiger partial charge is 0.351 e. The number of para-hydroxylation sites is 1. The van der Waals surface area contributed by atoms with Gasteiger partial charge in [-0.3, -0.25) is 4.79 Å². The number of benzene rings is 1. The summed E-state index contributed by atoms with van der Waals surface area (Å²) in [5.41, 5.74) is 0.205. The number of likely N-dealkylation sites (tertiary alicyclic amines) is 1. The van der Waals surface area contributed by atoms with Crippen LogP contribution in [0.2, 0.25) is 0 Å². The highest BCUT2D eigenvalue weighted by Crippen LogP contribution is 2.21. The van der Waals surface area contributed by atoms with E-state index in [0.717, 1.165) is 24.1 Å². The average Bonchev–Trinajstić information content (AvgIpc) is 3.19. The molecule has 3 rings (SSSR count). The summed E-state index contributed by atoms with van der Waals surface area (Å²) in [5, 5.41) is 7.45. The van der Waals surface area contributed by atoms with Crippen molar-refractivity contribution in [3.8, 4) is 0 Å². The van der Waals surface area contributed by atoms with Gasteiger partial charge in [-0.25, -0.2) is 9.18 Å². The van der Waals surface area contributed by atoms with Gasteiger partial charge < -0.3 is 15.5 Å². The number of amides is 3. The molecule has 0 radical (unpaired) electrons. The minimum atomic E-state index is -0.433. The molecule has 1 aliphatic heterocycles. The van der Waals surface area contributed by atoms with Crippen LogP contribution in [0.25, 0.3) is 0 Å². The van der Waals surface area contributed by atoms with Crippen LogP contribution in [-0.2, 0) is 0 Å². The summed E-state index contributed by atoms with van der Waals surface area (Å²) >= 11 is 1.43. The number of hydrogen-bond acceptors (Lipinski definition) is 3. The predicted molar refractivity (Wildman–Crippen MR) is 101 cm³/mol. The number of carbonyl (C=O) groups excluding carboxylic acids is 2. The van der Waals surface area contributed by atoms with Crippen LogP contribution in [0, 0.1) is 11.7 Å². The molecule has 1 saturated heterocycles. The Kier molecular flexibility index (Phi) is 6.22. The van der Waals surface area contributed by atoms with Crippen molar-refractivity contribution >= 4 is 29.0 Å². The van der Waals surface area contributed by atoms with Crippen LogP contribution < -0.4 is 10.6 Å². The molecule has 138 valence electrons. The number of halogens is 1. The van der Waals surface area contributed by atoms with Gasteiger partial charge in [-0.1, -0.05) is 18.2 Å². The number of nitrogens with zero attached hydrogens (tertiary/aromatic N) is 1. The predicted octanol–water partition coefficient (Wildman–Crippen LogP) is 3.95. The fraction of sp³-hybridized carbons (Fsp3) is 0.368. The molecule has 0 atom stereocenters. The fourth-order valence-electron chi connectivity index (χ4n) is 3.07. The SMILES string of the molecule is O=C(NCCC1CCN(C(=O)Nc2ccccc2F)CC1)c1cccs1. The first-order valence-corrected chi connectivity index (χ1v) is 9.63. The topological polar surface area (TPSA) is 61.4 Å². The van der Waals surface area contributed by atoms with E-state index < -0.39 is 5.82 Å². The number of anilines is 1. The maximum absolute atomic E-state index is 13.6. The van der Waals surface area contributed by atoms with E-state index in [9.17, 15) is 14.0 Å². The van der Waals surface area contributed by atoms with Gasteiger partial charge in [0.15, 0.2) is 0 Å². The zero-order valence-corrected chi connectivity index (χ0v) is 15.2. The lowest BCUT2D eigenvalue weighted by Crippen LogP contribution is -2.41. The lowest BCUT2D eigenvalue weighted by atomic mass is 9.94. The smallest absolute Gasteiger partial charge is 0.321 e. The third-order valence-electron chi connectivity index (χ3n) is 4.60. The minimum Gasteiger partial charge on any atom is -0.351 e. The Labute approximate surface area is 156 Å².